The van der Waals surface area contributed by atoms with E-state index in [1.165, 1.54) is 6.07 Å². The molecule has 0 aromatic heterocycles. The minimum Gasteiger partial charge on any atom is -0.491 e. The molecule has 0 saturated heterocycles. The molecule has 1 unspecified atom stereocenters. The van der Waals surface area contributed by atoms with Gasteiger partial charge in [-0.15, -0.1) is 0 Å². The Hall–Kier alpha value is -1.30. The van der Waals surface area contributed by atoms with E-state index < -0.39 is 0 Å². The van der Waals surface area contributed by atoms with Crippen molar-refractivity contribution in [1.82, 2.24) is 5.32 Å². The SMILES string of the molecule is CC(C)(C)NC(N)=NC1COc2cc(F)c(Br)cc21. The van der Waals surface area contributed by atoms with Crippen molar-refractivity contribution in [2.75, 3.05) is 6.61 Å². The Labute approximate surface area is 120 Å². The lowest BCUT2D eigenvalue weighted by atomic mass is 10.1. The van der Waals surface area contributed by atoms with E-state index in [9.17, 15) is 4.39 Å². The van der Waals surface area contributed by atoms with Crippen molar-refractivity contribution in [3.05, 3.63) is 28.0 Å². The van der Waals surface area contributed by atoms with Crippen molar-refractivity contribution in [3.63, 3.8) is 0 Å². The molecule has 1 aliphatic heterocycles. The van der Waals surface area contributed by atoms with Gasteiger partial charge in [-0.1, -0.05) is 0 Å². The highest BCUT2D eigenvalue weighted by Gasteiger charge is 2.26. The second kappa shape index (κ2) is 5.00. The Kier molecular flexibility index (Phi) is 3.71. The first-order chi connectivity index (χ1) is 8.76. The van der Waals surface area contributed by atoms with Gasteiger partial charge in [0.05, 0.1) is 4.47 Å². The quantitative estimate of drug-likeness (QED) is 0.615. The number of ether oxygens (including phenoxy) is 1. The van der Waals surface area contributed by atoms with Crippen LogP contribution in [0.5, 0.6) is 5.75 Å². The number of nitrogens with zero attached hydrogens (tertiary/aromatic N) is 1. The number of fused-ring (bicyclic) bond motifs is 1. The lowest BCUT2D eigenvalue weighted by Crippen LogP contribution is -2.45. The van der Waals surface area contributed by atoms with Gasteiger partial charge in [0.2, 0.25) is 0 Å². The summed E-state index contributed by atoms with van der Waals surface area (Å²) in [6.07, 6.45) is 0. The minimum absolute atomic E-state index is 0.154. The fraction of sp³-hybridized carbons (Fsp3) is 0.462. The second-order valence-corrected chi connectivity index (χ2v) is 6.37. The highest BCUT2D eigenvalue weighted by Crippen LogP contribution is 2.37. The highest BCUT2D eigenvalue weighted by atomic mass is 79.9. The number of guanidine groups is 1. The fourth-order valence-electron chi connectivity index (χ4n) is 1.88. The fourth-order valence-corrected chi connectivity index (χ4v) is 2.24. The van der Waals surface area contributed by atoms with Crippen LogP contribution in [0, 0.1) is 5.82 Å². The van der Waals surface area contributed by atoms with Crippen LogP contribution in [-0.4, -0.2) is 18.1 Å². The summed E-state index contributed by atoms with van der Waals surface area (Å²) in [5.74, 6) is 0.538. The first-order valence-electron chi connectivity index (χ1n) is 5.99. The van der Waals surface area contributed by atoms with E-state index >= 15 is 0 Å². The number of hydrogen-bond acceptors (Lipinski definition) is 2. The predicted octanol–water partition coefficient (Wildman–Crippen LogP) is 2.72. The average molecular weight is 330 g/mol. The van der Waals surface area contributed by atoms with Gasteiger partial charge in [0.15, 0.2) is 5.96 Å². The maximum absolute atomic E-state index is 13.4. The summed E-state index contributed by atoms with van der Waals surface area (Å²) in [6.45, 7) is 6.37. The number of hydrogen-bond donors (Lipinski definition) is 2. The van der Waals surface area contributed by atoms with E-state index in [4.69, 9.17) is 10.5 Å². The molecule has 0 spiro atoms. The lowest BCUT2D eigenvalue weighted by Gasteiger charge is -2.21. The van der Waals surface area contributed by atoms with Crippen LogP contribution in [0.1, 0.15) is 32.4 Å². The maximum Gasteiger partial charge on any atom is 0.189 e. The maximum atomic E-state index is 13.4. The summed E-state index contributed by atoms with van der Waals surface area (Å²) in [4.78, 5) is 4.39. The van der Waals surface area contributed by atoms with E-state index in [1.807, 2.05) is 20.8 Å². The topological polar surface area (TPSA) is 59.6 Å². The van der Waals surface area contributed by atoms with Crippen LogP contribution in [0.25, 0.3) is 0 Å². The average Bonchev–Trinajstić information content (AvgIpc) is 2.59. The molecule has 1 aromatic rings. The molecule has 1 atom stereocenters. The summed E-state index contributed by atoms with van der Waals surface area (Å²) < 4.78 is 19.2. The van der Waals surface area contributed by atoms with Gasteiger partial charge < -0.3 is 15.8 Å². The third kappa shape index (κ3) is 3.37. The number of nitrogens with one attached hydrogen (secondary N) is 1. The summed E-state index contributed by atoms with van der Waals surface area (Å²) in [6, 6.07) is 2.85. The summed E-state index contributed by atoms with van der Waals surface area (Å²) in [7, 11) is 0. The smallest absolute Gasteiger partial charge is 0.189 e. The van der Waals surface area contributed by atoms with Gasteiger partial charge >= 0.3 is 0 Å². The van der Waals surface area contributed by atoms with Crippen molar-refractivity contribution >= 4 is 21.9 Å². The van der Waals surface area contributed by atoms with E-state index in [0.29, 0.717) is 22.8 Å². The summed E-state index contributed by atoms with van der Waals surface area (Å²) in [5.41, 5.74) is 6.55. The van der Waals surface area contributed by atoms with Crippen molar-refractivity contribution in [3.8, 4) is 5.75 Å². The normalized spacial score (nSPS) is 19.0. The van der Waals surface area contributed by atoms with Crippen LogP contribution in [-0.2, 0) is 0 Å². The van der Waals surface area contributed by atoms with Crippen molar-refractivity contribution < 1.29 is 9.13 Å². The van der Waals surface area contributed by atoms with Crippen LogP contribution in [0.15, 0.2) is 21.6 Å². The molecule has 1 aromatic carbocycles. The van der Waals surface area contributed by atoms with Gasteiger partial charge in [0, 0.05) is 17.2 Å². The zero-order valence-electron chi connectivity index (χ0n) is 11.1. The summed E-state index contributed by atoms with van der Waals surface area (Å²) in [5, 5.41) is 3.09. The molecule has 104 valence electrons. The van der Waals surface area contributed by atoms with Crippen molar-refractivity contribution in [2.24, 2.45) is 10.7 Å². The standard InChI is InChI=1S/C13H17BrFN3O/c1-13(2,3)18-12(16)17-10-6-19-11-5-9(15)8(14)4-7(10)11/h4-5,10H,6H2,1-3H3,(H3,16,17,18). The number of aliphatic imine (C=N–C) groups is 1. The minimum atomic E-state index is -0.343. The molecule has 6 heteroatoms. The van der Waals surface area contributed by atoms with Crippen LogP contribution >= 0.6 is 15.9 Å². The lowest BCUT2D eigenvalue weighted by molar-refractivity contribution is 0.332. The van der Waals surface area contributed by atoms with Gasteiger partial charge in [-0.3, -0.25) is 0 Å². The molecule has 0 fully saturated rings. The second-order valence-electron chi connectivity index (χ2n) is 5.52. The first-order valence-corrected chi connectivity index (χ1v) is 6.79. The zero-order chi connectivity index (χ0) is 14.2. The van der Waals surface area contributed by atoms with Gasteiger partial charge in [-0.25, -0.2) is 9.38 Å². The summed E-state index contributed by atoms with van der Waals surface area (Å²) >= 11 is 3.17. The molecule has 0 radical (unpaired) electrons. The van der Waals surface area contributed by atoms with E-state index in [0.717, 1.165) is 5.56 Å². The van der Waals surface area contributed by atoms with Gasteiger partial charge in [-0.2, -0.15) is 0 Å². The molecule has 0 saturated carbocycles. The number of rotatable bonds is 1. The van der Waals surface area contributed by atoms with Crippen molar-refractivity contribution in [2.45, 2.75) is 32.4 Å². The first kappa shape index (κ1) is 14.1. The Morgan fingerprint density at radius 1 is 1.53 bits per heavy atom. The molecule has 3 N–H and O–H groups in total. The molecule has 0 aliphatic carbocycles. The van der Waals surface area contributed by atoms with Gasteiger partial charge in [0.1, 0.15) is 24.2 Å². The van der Waals surface area contributed by atoms with Crippen LogP contribution < -0.4 is 15.8 Å². The number of benzene rings is 1. The van der Waals surface area contributed by atoms with E-state index in [2.05, 4.69) is 26.2 Å². The third-order valence-electron chi connectivity index (χ3n) is 2.61. The molecular weight excluding hydrogens is 313 g/mol. The van der Waals surface area contributed by atoms with Crippen LogP contribution in [0.3, 0.4) is 0 Å². The van der Waals surface area contributed by atoms with Gasteiger partial charge in [0.25, 0.3) is 0 Å². The Morgan fingerprint density at radius 2 is 2.21 bits per heavy atom. The number of nitrogens with two attached hydrogens (primary N) is 1. The Bertz CT molecular complexity index is 525. The third-order valence-corrected chi connectivity index (χ3v) is 3.21. The zero-order valence-corrected chi connectivity index (χ0v) is 12.7. The Morgan fingerprint density at radius 3 is 2.84 bits per heavy atom. The largest absolute Gasteiger partial charge is 0.491 e. The molecule has 0 bridgehead atoms. The predicted molar refractivity (Wildman–Crippen MR) is 76.8 cm³/mol. The molecule has 0 amide bonds. The molecule has 19 heavy (non-hydrogen) atoms. The van der Waals surface area contributed by atoms with Crippen LogP contribution in [0.2, 0.25) is 0 Å². The molecule has 2 rings (SSSR count). The highest BCUT2D eigenvalue weighted by molar-refractivity contribution is 9.10. The molecule has 4 nitrogen and oxygen atoms in total. The van der Waals surface area contributed by atoms with Crippen molar-refractivity contribution in [1.29, 1.82) is 0 Å². The monoisotopic (exact) mass is 329 g/mol. The Balaban J connectivity index is 2.23. The molecule has 1 aliphatic rings. The van der Waals surface area contributed by atoms with E-state index in [-0.39, 0.29) is 17.4 Å². The molecule has 1 heterocycles. The van der Waals surface area contributed by atoms with Gasteiger partial charge in [-0.05, 0) is 42.8 Å². The molecular formula is C13H17BrFN3O. The number of halogens is 2. The van der Waals surface area contributed by atoms with E-state index in [1.54, 1.807) is 6.07 Å². The van der Waals surface area contributed by atoms with Crippen LogP contribution in [0.4, 0.5) is 4.39 Å².